The van der Waals surface area contributed by atoms with Gasteiger partial charge in [-0.15, -0.1) is 0 Å². The van der Waals surface area contributed by atoms with E-state index in [1.54, 1.807) is 0 Å². The molecule has 4 heteroatoms. The van der Waals surface area contributed by atoms with Gasteiger partial charge in [-0.2, -0.15) is 0 Å². The number of halogens is 1. The second-order valence-corrected chi connectivity index (χ2v) is 16.2. The zero-order valence-electron chi connectivity index (χ0n) is 14.9. The summed E-state index contributed by atoms with van der Waals surface area (Å²) in [7, 11) is 1.84. The first-order chi connectivity index (χ1) is 12.8. The van der Waals surface area contributed by atoms with Crippen molar-refractivity contribution in [3.05, 3.63) is 91.0 Å². The summed E-state index contributed by atoms with van der Waals surface area (Å²) in [5, 5.41) is 4.12. The molecule has 0 unspecified atom stereocenters. The van der Waals surface area contributed by atoms with Crippen LogP contribution in [0.2, 0.25) is 0 Å². The third kappa shape index (κ3) is 3.27. The summed E-state index contributed by atoms with van der Waals surface area (Å²) in [4.78, 5) is 0. The molecule has 0 radical (unpaired) electrons. The fraction of sp³-hybridized carbons (Fsp3) is 0.182. The van der Waals surface area contributed by atoms with E-state index in [2.05, 4.69) is 113 Å². The molecule has 3 aromatic carbocycles. The molecular weight excluding hydrogens is 423 g/mol. The van der Waals surface area contributed by atoms with E-state index in [1.807, 2.05) is 9.82 Å². The van der Waals surface area contributed by atoms with Crippen LogP contribution in [-0.2, 0) is 4.74 Å². The molecule has 0 aliphatic rings. The van der Waals surface area contributed by atoms with Crippen LogP contribution in [0.3, 0.4) is 0 Å². The van der Waals surface area contributed by atoms with Gasteiger partial charge in [-0.05, 0) is 0 Å². The van der Waals surface area contributed by atoms with Gasteiger partial charge in [-0.3, -0.25) is 0 Å². The van der Waals surface area contributed by atoms with Crippen LogP contribution in [0.1, 0.15) is 6.92 Å². The Morgan fingerprint density at radius 1 is 0.731 bits per heavy atom. The van der Waals surface area contributed by atoms with Gasteiger partial charge in [0.25, 0.3) is 0 Å². The van der Waals surface area contributed by atoms with Gasteiger partial charge in [-0.25, -0.2) is 0 Å². The third-order valence-corrected chi connectivity index (χ3v) is 19.5. The molecule has 0 saturated heterocycles. The maximum atomic E-state index is 5.88. The minimum atomic E-state index is -2.79. The van der Waals surface area contributed by atoms with Crippen LogP contribution in [-0.4, -0.2) is 19.4 Å². The van der Waals surface area contributed by atoms with E-state index in [4.69, 9.17) is 4.74 Å². The Bertz CT molecular complexity index is 712. The Hall–Kier alpha value is -1.12. The van der Waals surface area contributed by atoms with Crippen LogP contribution in [0, 0.1) is 0 Å². The summed E-state index contributed by atoms with van der Waals surface area (Å²) in [5.41, 5.74) is 0. The van der Waals surface area contributed by atoms with Crippen LogP contribution in [0.4, 0.5) is 0 Å². The molecule has 3 rings (SSSR count). The normalized spacial score (nSPS) is 13.1. The molecule has 3 aromatic rings. The first-order valence-electron chi connectivity index (χ1n) is 8.84. The van der Waals surface area contributed by atoms with E-state index in [1.165, 1.54) is 15.9 Å². The van der Waals surface area contributed by atoms with Gasteiger partial charge in [0.05, 0.1) is 0 Å². The molecule has 136 valence electrons. The first-order valence-corrected chi connectivity index (χ1v) is 14.5. The predicted molar refractivity (Wildman–Crippen MR) is 123 cm³/mol. The molecule has 0 aromatic heterocycles. The quantitative estimate of drug-likeness (QED) is 0.333. The number of hydrogen-bond acceptors (Lipinski definition) is 2. The number of hydrogen-bond donors (Lipinski definition) is 0. The van der Waals surface area contributed by atoms with Crippen LogP contribution in [0.15, 0.2) is 91.0 Å². The van der Waals surface area contributed by atoms with Crippen molar-refractivity contribution in [3.63, 3.8) is 0 Å². The molecule has 26 heavy (non-hydrogen) atoms. The van der Waals surface area contributed by atoms with Crippen molar-refractivity contribution in [2.45, 2.75) is 6.92 Å². The molecule has 1 nitrogen and oxygen atoms in total. The van der Waals surface area contributed by atoms with Crippen molar-refractivity contribution in [1.29, 1.82) is 0 Å². The minimum absolute atomic E-state index is 0.728. The van der Waals surface area contributed by atoms with Crippen LogP contribution in [0.5, 0.6) is 0 Å². The molecule has 0 saturated carbocycles. The van der Waals surface area contributed by atoms with E-state index in [-0.39, 0.29) is 0 Å². The zero-order valence-corrected chi connectivity index (χ0v) is 18.2. The molecule has 0 atom stereocenters. The average molecular weight is 447 g/mol. The number of benzene rings is 3. The summed E-state index contributed by atoms with van der Waals surface area (Å²) < 4.78 is 5.88. The summed E-state index contributed by atoms with van der Waals surface area (Å²) in [6.45, 7) is 3.52. The second-order valence-electron chi connectivity index (χ2n) is 6.21. The molecule has 0 aliphatic carbocycles. The summed E-state index contributed by atoms with van der Waals surface area (Å²) in [5.74, 6) is -2.79. The summed E-state index contributed by atoms with van der Waals surface area (Å²) >= 11 is 3.91. The van der Waals surface area contributed by atoms with Gasteiger partial charge in [0.15, 0.2) is 0 Å². The average Bonchev–Trinajstić information content (AvgIpc) is 2.74. The van der Waals surface area contributed by atoms with Gasteiger partial charge in [0.1, 0.15) is 0 Å². The SMILES string of the molecule is CCOCCP(SBr)(c1ccccc1)(c1ccccc1)c1ccccc1. The van der Waals surface area contributed by atoms with Crippen molar-refractivity contribution in [3.8, 4) is 0 Å². The van der Waals surface area contributed by atoms with E-state index >= 15 is 0 Å². The van der Waals surface area contributed by atoms with Crippen molar-refractivity contribution in [2.75, 3.05) is 19.4 Å². The fourth-order valence-corrected chi connectivity index (χ4v) is 16.5. The van der Waals surface area contributed by atoms with Gasteiger partial charge in [-0.1, -0.05) is 0 Å². The predicted octanol–water partition coefficient (Wildman–Crippen LogP) is 5.51. The van der Waals surface area contributed by atoms with Gasteiger partial charge < -0.3 is 0 Å². The molecule has 0 bridgehead atoms. The molecule has 0 aliphatic heterocycles. The van der Waals surface area contributed by atoms with Gasteiger partial charge in [0, 0.05) is 0 Å². The van der Waals surface area contributed by atoms with Gasteiger partial charge >= 0.3 is 168 Å². The van der Waals surface area contributed by atoms with Crippen molar-refractivity contribution < 1.29 is 4.74 Å². The number of ether oxygens (including phenoxy) is 1. The second kappa shape index (κ2) is 8.71. The third-order valence-electron chi connectivity index (χ3n) is 4.93. The van der Waals surface area contributed by atoms with E-state index in [9.17, 15) is 0 Å². The number of rotatable bonds is 8. The Morgan fingerprint density at radius 2 is 1.12 bits per heavy atom. The van der Waals surface area contributed by atoms with E-state index in [0.29, 0.717) is 0 Å². The Labute approximate surface area is 168 Å². The molecule has 0 fully saturated rings. The van der Waals surface area contributed by atoms with Crippen molar-refractivity contribution >= 4 is 46.3 Å². The van der Waals surface area contributed by atoms with Crippen molar-refractivity contribution in [2.24, 2.45) is 0 Å². The fourth-order valence-electron chi connectivity index (χ4n) is 3.60. The first kappa shape index (κ1) is 19.6. The topological polar surface area (TPSA) is 9.23 Å². The molecular formula is C22H24BrOPS. The molecule has 0 N–H and O–H groups in total. The monoisotopic (exact) mass is 446 g/mol. The summed E-state index contributed by atoms with van der Waals surface area (Å²) in [6.07, 6.45) is 0.952. The standard InChI is InChI=1S/C22H24BrOPS/c1-2-24-18-19-25(26-23,20-12-6-3-7-13-20,21-14-8-4-9-15-21)22-16-10-5-11-17-22/h3-17H,2,18-19H2,1H3. The zero-order chi connectivity index (χ0) is 18.3. The van der Waals surface area contributed by atoms with Crippen molar-refractivity contribution in [1.82, 2.24) is 0 Å². The van der Waals surface area contributed by atoms with Crippen LogP contribution >= 0.6 is 30.4 Å². The van der Waals surface area contributed by atoms with Gasteiger partial charge in [0.2, 0.25) is 0 Å². The molecule has 0 heterocycles. The van der Waals surface area contributed by atoms with Crippen LogP contribution < -0.4 is 15.9 Å². The molecule has 0 amide bonds. The van der Waals surface area contributed by atoms with Crippen LogP contribution in [0.25, 0.3) is 0 Å². The summed E-state index contributed by atoms with van der Waals surface area (Å²) in [6, 6.07) is 32.8. The van der Waals surface area contributed by atoms with E-state index in [0.717, 1.165) is 19.4 Å². The maximum absolute atomic E-state index is 5.88. The Morgan fingerprint density at radius 3 is 1.42 bits per heavy atom. The Kier molecular flexibility index (Phi) is 6.58. The van der Waals surface area contributed by atoms with E-state index < -0.39 is 5.81 Å². The Balaban J connectivity index is 2.38. The molecule has 0 spiro atoms.